The molecule has 1 aliphatic rings. The molecule has 9 nitrogen and oxygen atoms in total. The van der Waals surface area contributed by atoms with Crippen molar-refractivity contribution < 1.29 is 29.2 Å². The standard InChI is InChI=1S/C21H16N2O7/c1-12-18(21(27)30-2)17(11-13-3-5-14(6-4-13)20(25)26)19(24)22(12)15-7-9-16(10-8-15)23(28)29/h3-11H,1-2H3,(H,25,26)/b17-11-. The highest BCUT2D eigenvalue weighted by atomic mass is 16.6. The van der Waals surface area contributed by atoms with Gasteiger partial charge in [-0.2, -0.15) is 0 Å². The number of nitro benzene ring substituents is 1. The van der Waals surface area contributed by atoms with Gasteiger partial charge in [0, 0.05) is 23.5 Å². The number of nitro groups is 1. The van der Waals surface area contributed by atoms with Gasteiger partial charge in [0.25, 0.3) is 11.6 Å². The monoisotopic (exact) mass is 408 g/mol. The van der Waals surface area contributed by atoms with Crippen molar-refractivity contribution in [3.05, 3.63) is 86.6 Å². The fourth-order valence-corrected chi connectivity index (χ4v) is 3.10. The first-order valence-electron chi connectivity index (χ1n) is 8.68. The molecular formula is C21H16N2O7. The van der Waals surface area contributed by atoms with Crippen LogP contribution in [0.25, 0.3) is 6.08 Å². The molecule has 2 aromatic carbocycles. The fraction of sp³-hybridized carbons (Fsp3) is 0.0952. The van der Waals surface area contributed by atoms with Crippen LogP contribution < -0.4 is 4.90 Å². The number of carboxylic acid groups (broad SMARTS) is 1. The molecule has 0 aromatic heterocycles. The number of hydrogen-bond acceptors (Lipinski definition) is 6. The molecule has 3 rings (SSSR count). The SMILES string of the molecule is COC(=O)C1=C(C)N(c2ccc([N+](=O)[O-])cc2)C(=O)/C1=C\c1ccc(C(=O)O)cc1. The molecule has 0 saturated carbocycles. The van der Waals surface area contributed by atoms with Crippen LogP contribution in [-0.4, -0.2) is 35.0 Å². The molecule has 1 amide bonds. The molecule has 2 aromatic rings. The van der Waals surface area contributed by atoms with Crippen molar-refractivity contribution >= 4 is 35.3 Å². The highest BCUT2D eigenvalue weighted by Crippen LogP contribution is 2.36. The Morgan fingerprint density at radius 3 is 2.20 bits per heavy atom. The average molecular weight is 408 g/mol. The third kappa shape index (κ3) is 3.68. The first kappa shape index (κ1) is 20.5. The van der Waals surface area contributed by atoms with E-state index in [4.69, 9.17) is 9.84 Å². The third-order valence-electron chi connectivity index (χ3n) is 4.58. The molecule has 0 bridgehead atoms. The first-order chi connectivity index (χ1) is 14.2. The Hall–Kier alpha value is -4.27. The minimum absolute atomic E-state index is 0.0585. The van der Waals surface area contributed by atoms with Crippen molar-refractivity contribution in [2.24, 2.45) is 0 Å². The zero-order valence-corrected chi connectivity index (χ0v) is 16.0. The van der Waals surface area contributed by atoms with Crippen LogP contribution in [0, 0.1) is 10.1 Å². The number of carbonyl (C=O) groups is 3. The van der Waals surface area contributed by atoms with Gasteiger partial charge in [0.2, 0.25) is 0 Å². The number of carboxylic acids is 1. The van der Waals surface area contributed by atoms with Gasteiger partial charge in [-0.25, -0.2) is 9.59 Å². The summed E-state index contributed by atoms with van der Waals surface area (Å²) < 4.78 is 4.82. The number of allylic oxidation sites excluding steroid dienone is 1. The Kier molecular flexibility index (Phi) is 5.45. The number of methoxy groups -OCH3 is 1. The van der Waals surface area contributed by atoms with E-state index >= 15 is 0 Å². The number of anilines is 1. The van der Waals surface area contributed by atoms with Crippen LogP contribution in [0.4, 0.5) is 11.4 Å². The summed E-state index contributed by atoms with van der Waals surface area (Å²) in [4.78, 5) is 48.1. The molecule has 152 valence electrons. The second-order valence-corrected chi connectivity index (χ2v) is 6.35. The maximum atomic E-state index is 13.1. The lowest BCUT2D eigenvalue weighted by atomic mass is 10.0. The van der Waals surface area contributed by atoms with E-state index < -0.39 is 22.8 Å². The van der Waals surface area contributed by atoms with Crippen molar-refractivity contribution in [1.82, 2.24) is 0 Å². The molecule has 1 N–H and O–H groups in total. The smallest absolute Gasteiger partial charge is 0.340 e. The summed E-state index contributed by atoms with van der Waals surface area (Å²) in [6.45, 7) is 1.57. The van der Waals surface area contributed by atoms with Gasteiger partial charge < -0.3 is 9.84 Å². The van der Waals surface area contributed by atoms with Gasteiger partial charge in [-0.15, -0.1) is 0 Å². The highest BCUT2D eigenvalue weighted by Gasteiger charge is 2.38. The first-order valence-corrected chi connectivity index (χ1v) is 8.68. The number of aromatic carboxylic acids is 1. The minimum Gasteiger partial charge on any atom is -0.478 e. The summed E-state index contributed by atoms with van der Waals surface area (Å²) >= 11 is 0. The lowest BCUT2D eigenvalue weighted by Crippen LogP contribution is -2.24. The molecule has 0 spiro atoms. The Labute approximate surface area is 170 Å². The molecule has 1 aliphatic heterocycles. The van der Waals surface area contributed by atoms with Gasteiger partial charge in [-0.1, -0.05) is 12.1 Å². The molecular weight excluding hydrogens is 392 g/mol. The number of ether oxygens (including phenoxy) is 1. The molecule has 0 aliphatic carbocycles. The van der Waals surface area contributed by atoms with Gasteiger partial charge in [0.05, 0.1) is 28.7 Å². The van der Waals surface area contributed by atoms with E-state index in [1.165, 1.54) is 66.6 Å². The molecule has 1 heterocycles. The molecule has 0 unspecified atom stereocenters. The van der Waals surface area contributed by atoms with Crippen molar-refractivity contribution in [3.63, 3.8) is 0 Å². The van der Waals surface area contributed by atoms with Gasteiger partial charge in [-0.05, 0) is 42.8 Å². The Bertz CT molecular complexity index is 1110. The maximum Gasteiger partial charge on any atom is 0.340 e. The van der Waals surface area contributed by atoms with E-state index in [9.17, 15) is 24.5 Å². The van der Waals surface area contributed by atoms with E-state index in [0.717, 1.165) is 0 Å². The van der Waals surface area contributed by atoms with Crippen LogP contribution in [0.5, 0.6) is 0 Å². The van der Waals surface area contributed by atoms with E-state index in [-0.39, 0.29) is 22.4 Å². The second-order valence-electron chi connectivity index (χ2n) is 6.35. The van der Waals surface area contributed by atoms with Gasteiger partial charge >= 0.3 is 11.9 Å². The average Bonchev–Trinajstić information content (AvgIpc) is 2.97. The summed E-state index contributed by atoms with van der Waals surface area (Å²) in [7, 11) is 1.20. The predicted molar refractivity (Wildman–Crippen MR) is 107 cm³/mol. The van der Waals surface area contributed by atoms with Crippen LogP contribution in [-0.2, 0) is 14.3 Å². The number of nitrogens with zero attached hydrogens (tertiary/aromatic N) is 2. The quantitative estimate of drug-likeness (QED) is 0.348. The van der Waals surface area contributed by atoms with Crippen molar-refractivity contribution in [2.45, 2.75) is 6.92 Å². The van der Waals surface area contributed by atoms with Crippen LogP contribution in [0.2, 0.25) is 0 Å². The van der Waals surface area contributed by atoms with Crippen LogP contribution in [0.3, 0.4) is 0 Å². The zero-order chi connectivity index (χ0) is 22.0. The van der Waals surface area contributed by atoms with Crippen molar-refractivity contribution in [3.8, 4) is 0 Å². The molecule has 9 heteroatoms. The molecule has 0 saturated heterocycles. The van der Waals surface area contributed by atoms with Crippen molar-refractivity contribution in [1.29, 1.82) is 0 Å². The number of rotatable bonds is 5. The topological polar surface area (TPSA) is 127 Å². The fourth-order valence-electron chi connectivity index (χ4n) is 3.10. The van der Waals surface area contributed by atoms with Crippen LogP contribution in [0.15, 0.2) is 65.4 Å². The van der Waals surface area contributed by atoms with Crippen LogP contribution >= 0.6 is 0 Å². The van der Waals surface area contributed by atoms with E-state index in [0.29, 0.717) is 16.9 Å². The number of amides is 1. The third-order valence-corrected chi connectivity index (χ3v) is 4.58. The van der Waals surface area contributed by atoms with E-state index in [2.05, 4.69) is 0 Å². The van der Waals surface area contributed by atoms with Gasteiger partial charge in [0.1, 0.15) is 0 Å². The summed E-state index contributed by atoms with van der Waals surface area (Å²) in [5.74, 6) is -2.30. The maximum absolute atomic E-state index is 13.1. The summed E-state index contributed by atoms with van der Waals surface area (Å²) in [6.07, 6.45) is 1.47. The van der Waals surface area contributed by atoms with E-state index in [1.807, 2.05) is 0 Å². The number of esters is 1. The van der Waals surface area contributed by atoms with E-state index in [1.54, 1.807) is 6.92 Å². The predicted octanol–water partition coefficient (Wildman–Crippen LogP) is 3.17. The lowest BCUT2D eigenvalue weighted by molar-refractivity contribution is -0.384. The van der Waals surface area contributed by atoms with Crippen LogP contribution in [0.1, 0.15) is 22.8 Å². The molecule has 30 heavy (non-hydrogen) atoms. The lowest BCUT2D eigenvalue weighted by Gasteiger charge is -2.17. The zero-order valence-electron chi connectivity index (χ0n) is 16.0. The molecule has 0 fully saturated rings. The molecule has 0 radical (unpaired) electrons. The van der Waals surface area contributed by atoms with Crippen molar-refractivity contribution in [2.75, 3.05) is 12.0 Å². The van der Waals surface area contributed by atoms with Gasteiger partial charge in [0.15, 0.2) is 0 Å². The number of carbonyl (C=O) groups excluding carboxylic acids is 2. The summed E-state index contributed by atoms with van der Waals surface area (Å²) in [5, 5.41) is 19.9. The molecule has 0 atom stereocenters. The largest absolute Gasteiger partial charge is 0.478 e. The second kappa shape index (κ2) is 8.00. The summed E-state index contributed by atoms with van der Waals surface area (Å²) in [5.41, 5.74) is 1.27. The number of non-ortho nitro benzene ring substituents is 1. The number of benzene rings is 2. The highest BCUT2D eigenvalue weighted by molar-refractivity contribution is 6.23. The minimum atomic E-state index is -1.08. The normalized spacial score (nSPS) is 14.9. The Morgan fingerprint density at radius 1 is 1.10 bits per heavy atom. The Balaban J connectivity index is 2.07. The Morgan fingerprint density at radius 2 is 1.70 bits per heavy atom. The number of hydrogen-bond donors (Lipinski definition) is 1. The van der Waals surface area contributed by atoms with Gasteiger partial charge in [-0.3, -0.25) is 19.8 Å². The summed E-state index contributed by atoms with van der Waals surface area (Å²) in [6, 6.07) is 11.2.